The van der Waals surface area contributed by atoms with Crippen molar-refractivity contribution in [2.75, 3.05) is 13.2 Å². The molecule has 1 heterocycles. The number of H-pyrrole nitrogens is 1. The Labute approximate surface area is 92.4 Å². The summed E-state index contributed by atoms with van der Waals surface area (Å²) in [5, 5.41) is 5.57. The van der Waals surface area contributed by atoms with Gasteiger partial charge in [-0.05, 0) is 6.42 Å². The number of aromatic amines is 1. The van der Waals surface area contributed by atoms with Crippen molar-refractivity contribution in [3.05, 3.63) is 5.82 Å². The molecule has 0 atom stereocenters. The van der Waals surface area contributed by atoms with Gasteiger partial charge in [-0.3, -0.25) is 5.10 Å². The largest absolute Gasteiger partial charge is 0.381 e. The first-order valence-corrected chi connectivity index (χ1v) is 6.78. The van der Waals surface area contributed by atoms with E-state index in [4.69, 9.17) is 15.4 Å². The van der Waals surface area contributed by atoms with E-state index in [1.54, 1.807) is 0 Å². The molecule has 0 radical (unpaired) electrons. The average Bonchev–Trinajstić information content (AvgIpc) is 2.60. The highest BCUT2D eigenvalue weighted by atomic mass is 35.7. The van der Waals surface area contributed by atoms with Gasteiger partial charge in [0.1, 0.15) is 5.82 Å². The molecule has 1 rings (SSSR count). The van der Waals surface area contributed by atoms with Crippen LogP contribution in [0.15, 0.2) is 5.16 Å². The number of nitrogens with one attached hydrogen (secondary N) is 1. The molecule has 15 heavy (non-hydrogen) atoms. The van der Waals surface area contributed by atoms with Crippen LogP contribution in [0.3, 0.4) is 0 Å². The fraction of sp³-hybridized carbons (Fsp3) is 0.714. The molecular weight excluding hydrogens is 242 g/mol. The topological polar surface area (TPSA) is 84.9 Å². The van der Waals surface area contributed by atoms with Crippen molar-refractivity contribution in [1.82, 2.24) is 15.2 Å². The second kappa shape index (κ2) is 5.43. The quantitative estimate of drug-likeness (QED) is 0.596. The Kier molecular flexibility index (Phi) is 4.49. The number of hydrogen-bond donors (Lipinski definition) is 1. The highest BCUT2D eigenvalue weighted by Gasteiger charge is 2.16. The van der Waals surface area contributed by atoms with E-state index >= 15 is 0 Å². The summed E-state index contributed by atoms with van der Waals surface area (Å²) in [5.41, 5.74) is 0. The minimum atomic E-state index is -3.84. The van der Waals surface area contributed by atoms with E-state index in [1.807, 2.05) is 6.92 Å². The van der Waals surface area contributed by atoms with Crippen LogP contribution in [0, 0.1) is 0 Å². The van der Waals surface area contributed by atoms with E-state index in [0.29, 0.717) is 25.5 Å². The third-order valence-electron chi connectivity index (χ3n) is 1.56. The molecule has 0 amide bonds. The van der Waals surface area contributed by atoms with Gasteiger partial charge < -0.3 is 4.74 Å². The minimum Gasteiger partial charge on any atom is -0.381 e. The third kappa shape index (κ3) is 4.15. The monoisotopic (exact) mass is 253 g/mol. The summed E-state index contributed by atoms with van der Waals surface area (Å²) < 4.78 is 26.8. The minimum absolute atomic E-state index is 0.394. The predicted molar refractivity (Wildman–Crippen MR) is 54.2 cm³/mol. The molecule has 1 aromatic heterocycles. The number of ether oxygens (including phenoxy) is 1. The van der Waals surface area contributed by atoms with Crippen molar-refractivity contribution in [2.45, 2.75) is 24.9 Å². The van der Waals surface area contributed by atoms with E-state index in [0.717, 1.165) is 6.42 Å². The maximum absolute atomic E-state index is 10.8. The number of hydrogen-bond acceptors (Lipinski definition) is 5. The normalized spacial score (nSPS) is 11.9. The summed E-state index contributed by atoms with van der Waals surface area (Å²) in [4.78, 5) is 3.71. The van der Waals surface area contributed by atoms with Crippen molar-refractivity contribution in [3.8, 4) is 0 Å². The highest BCUT2D eigenvalue weighted by molar-refractivity contribution is 8.13. The summed E-state index contributed by atoms with van der Waals surface area (Å²) in [6, 6.07) is 0. The van der Waals surface area contributed by atoms with Crippen LogP contribution >= 0.6 is 10.7 Å². The van der Waals surface area contributed by atoms with Crippen LogP contribution < -0.4 is 0 Å². The van der Waals surface area contributed by atoms with E-state index in [1.165, 1.54) is 0 Å². The summed E-state index contributed by atoms with van der Waals surface area (Å²) in [7, 11) is 1.21. The van der Waals surface area contributed by atoms with Gasteiger partial charge in [0, 0.05) is 23.7 Å². The van der Waals surface area contributed by atoms with Gasteiger partial charge in [-0.15, -0.1) is 5.10 Å². The van der Waals surface area contributed by atoms with Crippen molar-refractivity contribution in [1.29, 1.82) is 0 Å². The molecule has 86 valence electrons. The van der Waals surface area contributed by atoms with Crippen LogP contribution in [0.5, 0.6) is 0 Å². The Morgan fingerprint density at radius 3 is 2.73 bits per heavy atom. The first-order chi connectivity index (χ1) is 7.04. The maximum atomic E-state index is 10.8. The van der Waals surface area contributed by atoms with Gasteiger partial charge in [0.15, 0.2) is 0 Å². The second-order valence-electron chi connectivity index (χ2n) is 2.86. The third-order valence-corrected chi connectivity index (χ3v) is 2.59. The Hall–Kier alpha value is -0.660. The summed E-state index contributed by atoms with van der Waals surface area (Å²) >= 11 is 0. The predicted octanol–water partition coefficient (Wildman–Crippen LogP) is 0.701. The molecule has 0 aliphatic rings. The smallest absolute Gasteiger partial charge is 0.298 e. The summed E-state index contributed by atoms with van der Waals surface area (Å²) in [6.45, 7) is 3.16. The molecule has 1 N–H and O–H groups in total. The van der Waals surface area contributed by atoms with E-state index in [2.05, 4.69) is 15.2 Å². The number of nitrogens with zero attached hydrogens (tertiary/aromatic N) is 2. The number of rotatable bonds is 6. The van der Waals surface area contributed by atoms with Gasteiger partial charge >= 0.3 is 0 Å². The lowest BCUT2D eigenvalue weighted by molar-refractivity contribution is 0.136. The molecule has 0 saturated heterocycles. The molecule has 0 saturated carbocycles. The molecule has 0 bridgehead atoms. The van der Waals surface area contributed by atoms with Crippen molar-refractivity contribution in [2.24, 2.45) is 0 Å². The molecule has 0 spiro atoms. The molecule has 0 aromatic carbocycles. The summed E-state index contributed by atoms with van der Waals surface area (Å²) in [5.74, 6) is 0.449. The Morgan fingerprint density at radius 1 is 1.47 bits per heavy atom. The standard InChI is InChI=1S/C7H12ClN3O3S/c1-2-4-14-5-3-6-9-7(11-10-6)15(8,12)13/h2-5H2,1H3,(H,9,10,11). The van der Waals surface area contributed by atoms with Gasteiger partial charge in [-0.25, -0.2) is 13.4 Å². The molecule has 6 nitrogen and oxygen atoms in total. The number of halogens is 1. The molecule has 8 heteroatoms. The Bertz CT molecular complexity index is 403. The SMILES string of the molecule is CCCOCCc1nc(S(=O)(=O)Cl)n[nH]1. The molecular formula is C7H12ClN3O3S. The molecule has 1 aromatic rings. The zero-order chi connectivity index (χ0) is 11.3. The van der Waals surface area contributed by atoms with Gasteiger partial charge in [0.05, 0.1) is 6.61 Å². The second-order valence-corrected chi connectivity index (χ2v) is 5.32. The first-order valence-electron chi connectivity index (χ1n) is 4.47. The average molecular weight is 254 g/mol. The van der Waals surface area contributed by atoms with Crippen molar-refractivity contribution >= 4 is 19.7 Å². The van der Waals surface area contributed by atoms with E-state index in [-0.39, 0.29) is 0 Å². The summed E-state index contributed by atoms with van der Waals surface area (Å²) in [6.07, 6.45) is 1.43. The molecule has 0 aliphatic heterocycles. The lowest BCUT2D eigenvalue weighted by Crippen LogP contribution is -2.01. The lowest BCUT2D eigenvalue weighted by atomic mass is 10.4. The fourth-order valence-electron chi connectivity index (χ4n) is 0.914. The molecule has 0 fully saturated rings. The van der Waals surface area contributed by atoms with Crippen LogP contribution in [-0.2, 0) is 20.2 Å². The lowest BCUT2D eigenvalue weighted by Gasteiger charge is -1.98. The van der Waals surface area contributed by atoms with Crippen LogP contribution in [0.4, 0.5) is 0 Å². The molecule has 0 aliphatic carbocycles. The number of aromatic nitrogens is 3. The van der Waals surface area contributed by atoms with Crippen LogP contribution in [0.25, 0.3) is 0 Å². The van der Waals surface area contributed by atoms with Gasteiger partial charge in [0.2, 0.25) is 0 Å². The van der Waals surface area contributed by atoms with Crippen LogP contribution in [0.1, 0.15) is 19.2 Å². The Morgan fingerprint density at radius 2 is 2.20 bits per heavy atom. The van der Waals surface area contributed by atoms with Crippen molar-refractivity contribution < 1.29 is 13.2 Å². The Balaban J connectivity index is 2.47. The fourth-order valence-corrected chi connectivity index (χ4v) is 1.49. The highest BCUT2D eigenvalue weighted by Crippen LogP contribution is 2.08. The zero-order valence-corrected chi connectivity index (χ0v) is 9.81. The van der Waals surface area contributed by atoms with Crippen LogP contribution in [-0.4, -0.2) is 36.8 Å². The van der Waals surface area contributed by atoms with Gasteiger partial charge in [-0.2, -0.15) is 0 Å². The maximum Gasteiger partial charge on any atom is 0.298 e. The zero-order valence-electron chi connectivity index (χ0n) is 8.23. The van der Waals surface area contributed by atoms with Crippen LogP contribution in [0.2, 0.25) is 0 Å². The molecule has 0 unspecified atom stereocenters. The van der Waals surface area contributed by atoms with Crippen molar-refractivity contribution in [3.63, 3.8) is 0 Å². The van der Waals surface area contributed by atoms with Gasteiger partial charge in [0.25, 0.3) is 14.2 Å². The first kappa shape index (κ1) is 12.4. The van der Waals surface area contributed by atoms with E-state index < -0.39 is 14.2 Å². The van der Waals surface area contributed by atoms with Gasteiger partial charge in [-0.1, -0.05) is 6.92 Å². The van der Waals surface area contributed by atoms with E-state index in [9.17, 15) is 8.42 Å².